The number of allylic oxidation sites excluding steroid dienone is 4. The molecule has 0 atom stereocenters. The predicted molar refractivity (Wildman–Crippen MR) is 102 cm³/mol. The van der Waals surface area contributed by atoms with Crippen LogP contribution in [0.1, 0.15) is 35.9 Å². The summed E-state index contributed by atoms with van der Waals surface area (Å²) in [5.41, 5.74) is 4.58. The lowest BCUT2D eigenvalue weighted by Crippen LogP contribution is -1.92. The minimum absolute atomic E-state index is 0.0900. The molecule has 0 saturated carbocycles. The first-order valence-corrected chi connectivity index (χ1v) is 8.91. The number of carbonyl (C=O) groups is 1. The maximum absolute atomic E-state index is 11.8. The van der Waals surface area contributed by atoms with Crippen LogP contribution in [0.25, 0.3) is 0 Å². The number of ketones is 1. The number of Topliss-reactive ketones (excluding diaryl/α,β-unsaturated/α-hetero) is 1. The summed E-state index contributed by atoms with van der Waals surface area (Å²) in [5, 5.41) is 0. The average molecular weight is 368 g/mol. The molecule has 0 fully saturated rings. The molecule has 0 aliphatic carbocycles. The smallest absolute Gasteiger partial charge is 0.176 e. The molecule has 0 amide bonds. The summed E-state index contributed by atoms with van der Waals surface area (Å²) in [7, 11) is 0. The zero-order chi connectivity index (χ0) is 17.1. The van der Waals surface area contributed by atoms with Gasteiger partial charge in [-0.15, -0.1) is 28.7 Å². The number of thiophene rings is 1. The number of hydrogen-bond donors (Lipinski definition) is 0. The monoisotopic (exact) mass is 367 g/mol. The van der Waals surface area contributed by atoms with Crippen LogP contribution in [0.2, 0.25) is 4.34 Å². The molecule has 0 spiro atoms. The number of halogens is 2. The SMILES string of the molecule is C=CC(C)=NC(=C=CCC/C=C/CC(=O)c1ccc(Cl)s1)CCl. The van der Waals surface area contributed by atoms with Gasteiger partial charge in [-0.05, 0) is 44.1 Å². The van der Waals surface area contributed by atoms with Crippen molar-refractivity contribution in [3.8, 4) is 0 Å². The Hall–Kier alpha value is -1.38. The molecule has 0 bridgehead atoms. The Morgan fingerprint density at radius 2 is 2.17 bits per heavy atom. The van der Waals surface area contributed by atoms with Crippen LogP contribution in [0, 0.1) is 0 Å². The van der Waals surface area contributed by atoms with Gasteiger partial charge in [-0.2, -0.15) is 0 Å². The summed E-state index contributed by atoms with van der Waals surface area (Å²) < 4.78 is 0.638. The van der Waals surface area contributed by atoms with E-state index in [9.17, 15) is 4.79 Å². The van der Waals surface area contributed by atoms with Gasteiger partial charge in [0.1, 0.15) is 0 Å². The number of carbonyl (C=O) groups excluding carboxylic acids is 1. The Morgan fingerprint density at radius 1 is 1.39 bits per heavy atom. The second kappa shape index (κ2) is 11.2. The van der Waals surface area contributed by atoms with Crippen molar-refractivity contribution >= 4 is 46.0 Å². The van der Waals surface area contributed by atoms with Gasteiger partial charge in [-0.25, -0.2) is 4.99 Å². The Balaban J connectivity index is 2.40. The molecule has 0 saturated heterocycles. The molecule has 2 nitrogen and oxygen atoms in total. The van der Waals surface area contributed by atoms with Gasteiger partial charge in [-0.3, -0.25) is 4.79 Å². The van der Waals surface area contributed by atoms with Crippen molar-refractivity contribution in [3.05, 3.63) is 63.7 Å². The zero-order valence-corrected chi connectivity index (χ0v) is 15.3. The highest BCUT2D eigenvalue weighted by Crippen LogP contribution is 2.22. The lowest BCUT2D eigenvalue weighted by atomic mass is 10.2. The van der Waals surface area contributed by atoms with Crippen LogP contribution < -0.4 is 0 Å². The molecule has 0 N–H and O–H groups in total. The number of nitrogens with zero attached hydrogens (tertiary/aromatic N) is 1. The molecule has 1 aromatic rings. The van der Waals surface area contributed by atoms with Crippen molar-refractivity contribution < 1.29 is 4.79 Å². The zero-order valence-electron chi connectivity index (χ0n) is 13.0. The summed E-state index contributed by atoms with van der Waals surface area (Å²) in [4.78, 5) is 16.8. The van der Waals surface area contributed by atoms with Crippen LogP contribution in [-0.4, -0.2) is 17.4 Å². The molecule has 122 valence electrons. The van der Waals surface area contributed by atoms with E-state index in [1.807, 2.05) is 25.2 Å². The third kappa shape index (κ3) is 8.15. The number of rotatable bonds is 9. The van der Waals surface area contributed by atoms with Gasteiger partial charge >= 0.3 is 0 Å². The highest BCUT2D eigenvalue weighted by atomic mass is 35.5. The molecular formula is C18H19Cl2NOS. The lowest BCUT2D eigenvalue weighted by molar-refractivity contribution is 0.0999. The molecule has 5 heteroatoms. The van der Waals surface area contributed by atoms with Gasteiger partial charge in [0.2, 0.25) is 0 Å². The first-order chi connectivity index (χ1) is 11.1. The maximum atomic E-state index is 11.8. The lowest BCUT2D eigenvalue weighted by Gasteiger charge is -1.93. The van der Waals surface area contributed by atoms with Crippen LogP contribution in [0.15, 0.2) is 59.4 Å². The third-order valence-electron chi connectivity index (χ3n) is 2.80. The first kappa shape index (κ1) is 19.7. The van der Waals surface area contributed by atoms with E-state index in [-0.39, 0.29) is 5.78 Å². The van der Waals surface area contributed by atoms with Crippen molar-refractivity contribution in [3.63, 3.8) is 0 Å². The van der Waals surface area contributed by atoms with E-state index < -0.39 is 0 Å². The molecular weight excluding hydrogens is 349 g/mol. The number of unbranched alkanes of at least 4 members (excludes halogenated alkanes) is 1. The van der Waals surface area contributed by atoms with Crippen LogP contribution in [0.5, 0.6) is 0 Å². The van der Waals surface area contributed by atoms with Crippen molar-refractivity contribution in [2.75, 3.05) is 5.88 Å². The molecule has 0 aromatic carbocycles. The Morgan fingerprint density at radius 3 is 2.78 bits per heavy atom. The maximum Gasteiger partial charge on any atom is 0.176 e. The second-order valence-corrected chi connectivity index (χ2v) is 6.65. The van der Waals surface area contributed by atoms with E-state index in [1.54, 1.807) is 18.2 Å². The van der Waals surface area contributed by atoms with E-state index in [0.717, 1.165) is 18.6 Å². The van der Waals surface area contributed by atoms with E-state index >= 15 is 0 Å². The molecule has 23 heavy (non-hydrogen) atoms. The second-order valence-electron chi connectivity index (χ2n) is 4.67. The molecule has 1 rings (SSSR count). The number of hydrogen-bond acceptors (Lipinski definition) is 3. The van der Waals surface area contributed by atoms with Gasteiger partial charge in [0.15, 0.2) is 5.78 Å². The molecule has 1 heterocycles. The number of aliphatic imine (C=N–C) groups is 1. The summed E-state index contributed by atoms with van der Waals surface area (Å²) in [5.74, 6) is 0.405. The van der Waals surface area contributed by atoms with Crippen LogP contribution >= 0.6 is 34.5 Å². The minimum Gasteiger partial charge on any atom is -0.293 e. The molecule has 0 unspecified atom stereocenters. The quantitative estimate of drug-likeness (QED) is 0.127. The standard InChI is InChI=1S/C18H19Cl2NOS/c1-3-14(2)21-15(13-19)9-7-5-4-6-8-10-16(22)17-11-12-18(20)23-17/h3,6-8,11-12H,1,4-5,10,13H2,2H3/b8-6+,21-14?. The molecule has 0 radical (unpaired) electrons. The molecule has 1 aromatic heterocycles. The summed E-state index contributed by atoms with van der Waals surface area (Å²) in [6, 6.07) is 3.50. The van der Waals surface area contributed by atoms with Gasteiger partial charge < -0.3 is 0 Å². The van der Waals surface area contributed by atoms with Gasteiger partial charge in [-0.1, -0.05) is 30.3 Å². The van der Waals surface area contributed by atoms with Gasteiger partial charge in [0, 0.05) is 12.1 Å². The average Bonchev–Trinajstić information content (AvgIpc) is 2.98. The van der Waals surface area contributed by atoms with E-state index in [1.165, 1.54) is 11.3 Å². The number of alkyl halides is 1. The van der Waals surface area contributed by atoms with Crippen molar-refractivity contribution in [2.45, 2.75) is 26.2 Å². The largest absolute Gasteiger partial charge is 0.293 e. The van der Waals surface area contributed by atoms with Gasteiger partial charge in [0.25, 0.3) is 0 Å². The van der Waals surface area contributed by atoms with Crippen LogP contribution in [-0.2, 0) is 0 Å². The fourth-order valence-electron chi connectivity index (χ4n) is 1.60. The highest BCUT2D eigenvalue weighted by molar-refractivity contribution is 7.18. The van der Waals surface area contributed by atoms with Gasteiger partial charge in [0.05, 0.1) is 20.8 Å². The van der Waals surface area contributed by atoms with E-state index in [0.29, 0.717) is 27.2 Å². The van der Waals surface area contributed by atoms with Crippen molar-refractivity contribution in [1.29, 1.82) is 0 Å². The fourth-order valence-corrected chi connectivity index (χ4v) is 2.73. The Bertz CT molecular complexity index is 664. The van der Waals surface area contributed by atoms with E-state index in [4.69, 9.17) is 23.2 Å². The summed E-state index contributed by atoms with van der Waals surface area (Å²) in [6.07, 6.45) is 9.51. The minimum atomic E-state index is 0.0900. The Kier molecular flexibility index (Phi) is 9.58. The summed E-state index contributed by atoms with van der Waals surface area (Å²) in [6.45, 7) is 5.51. The van der Waals surface area contributed by atoms with Crippen LogP contribution in [0.4, 0.5) is 0 Å². The molecule has 0 aliphatic rings. The summed E-state index contributed by atoms with van der Waals surface area (Å²) >= 11 is 12.9. The highest BCUT2D eigenvalue weighted by Gasteiger charge is 2.06. The van der Waals surface area contributed by atoms with Crippen molar-refractivity contribution in [2.24, 2.45) is 4.99 Å². The predicted octanol–water partition coefficient (Wildman–Crippen LogP) is 6.24. The van der Waals surface area contributed by atoms with Crippen molar-refractivity contribution in [1.82, 2.24) is 0 Å². The molecule has 0 aliphatic heterocycles. The Labute approximate surface area is 151 Å². The first-order valence-electron chi connectivity index (χ1n) is 7.18. The van der Waals surface area contributed by atoms with E-state index in [2.05, 4.69) is 17.3 Å². The van der Waals surface area contributed by atoms with Crippen LogP contribution in [0.3, 0.4) is 0 Å². The topological polar surface area (TPSA) is 29.4 Å². The third-order valence-corrected chi connectivity index (χ3v) is 4.32. The normalized spacial score (nSPS) is 11.3. The fraction of sp³-hybridized carbons (Fsp3) is 0.278.